The molecule has 2 heterocycles. The molecule has 0 bridgehead atoms. The van der Waals surface area contributed by atoms with E-state index in [1.165, 1.54) is 0 Å². The van der Waals surface area contributed by atoms with Gasteiger partial charge in [0.25, 0.3) is 6.01 Å². The molecule has 3 aliphatic rings. The Labute approximate surface area is 335 Å². The van der Waals surface area contributed by atoms with Gasteiger partial charge in [0.15, 0.2) is 0 Å². The number of unbranched alkanes of at least 4 members (excludes halogenated alkanes) is 3. The normalized spacial score (nSPS) is 21.8. The molecule has 5 unspecified atom stereocenters. The van der Waals surface area contributed by atoms with Crippen molar-refractivity contribution in [2.24, 2.45) is 17.6 Å². The molecule has 1 aliphatic heterocycles. The van der Waals surface area contributed by atoms with Crippen molar-refractivity contribution in [3.8, 4) is 17.1 Å². The van der Waals surface area contributed by atoms with Crippen molar-refractivity contribution in [3.63, 3.8) is 0 Å². The number of sulfonamides is 1. The molecule has 2 aliphatic carbocycles. The van der Waals surface area contributed by atoms with Crippen LogP contribution in [0.25, 0.3) is 22.2 Å². The van der Waals surface area contributed by atoms with Crippen molar-refractivity contribution >= 4 is 44.5 Å². The third-order valence-electron chi connectivity index (χ3n) is 11.6. The molecule has 3 aromatic carbocycles. The fourth-order valence-electron chi connectivity index (χ4n) is 7.83. The predicted octanol–water partition coefficient (Wildman–Crippen LogP) is 6.74. The summed E-state index contributed by atoms with van der Waals surface area (Å²) in [5, 5.41) is 3.42. The number of nitrogens with one attached hydrogen (secondary N) is 2. The maximum Gasteiger partial charge on any atom is 0.297 e. The van der Waals surface area contributed by atoms with Crippen molar-refractivity contribution in [1.82, 2.24) is 19.2 Å². The third kappa shape index (κ3) is 9.03. The highest BCUT2D eigenvalue weighted by atomic mass is 32.2. The van der Waals surface area contributed by atoms with Gasteiger partial charge in [-0.15, -0.1) is 0 Å². The zero-order chi connectivity index (χ0) is 40.3. The van der Waals surface area contributed by atoms with Gasteiger partial charge >= 0.3 is 0 Å². The summed E-state index contributed by atoms with van der Waals surface area (Å²) in [7, 11) is -3.62. The number of anilines is 1. The number of amides is 3. The van der Waals surface area contributed by atoms with Gasteiger partial charge in [0.2, 0.25) is 27.7 Å². The topological polar surface area (TPSA) is 166 Å². The van der Waals surface area contributed by atoms with Crippen molar-refractivity contribution in [2.75, 3.05) is 11.9 Å². The molecule has 4 N–H and O–H groups in total. The summed E-state index contributed by atoms with van der Waals surface area (Å²) in [5.41, 5.74) is 10.6. The molecule has 2 saturated carbocycles. The lowest BCUT2D eigenvalue weighted by Gasteiger charge is -2.28. The number of nitrogens with zero attached hydrogens (tertiary/aromatic N) is 3. The van der Waals surface area contributed by atoms with Crippen LogP contribution in [0.1, 0.15) is 84.6 Å². The number of likely N-dealkylation sites (tertiary alicyclic amines) is 1. The van der Waals surface area contributed by atoms with Crippen LogP contribution < -0.4 is 20.5 Å². The lowest BCUT2D eigenvalue weighted by Crippen LogP contribution is -2.49. The summed E-state index contributed by atoms with van der Waals surface area (Å²) < 4.78 is 35.0. The number of benzene rings is 3. The molecule has 3 amide bonds. The zero-order valence-corrected chi connectivity index (χ0v) is 33.8. The lowest BCUT2D eigenvalue weighted by molar-refractivity contribution is -0.138. The molecule has 302 valence electrons. The van der Waals surface area contributed by atoms with Gasteiger partial charge in [-0.2, -0.15) is 4.98 Å². The summed E-state index contributed by atoms with van der Waals surface area (Å²) in [6, 6.07) is 24.8. The summed E-state index contributed by atoms with van der Waals surface area (Å²) in [4.78, 5) is 46.3. The molecule has 13 heteroatoms. The summed E-state index contributed by atoms with van der Waals surface area (Å²) in [6.45, 7) is 6.02. The molecular weight excluding hydrogens is 741 g/mol. The van der Waals surface area contributed by atoms with E-state index in [2.05, 4.69) is 46.7 Å². The first-order valence-electron chi connectivity index (χ1n) is 20.2. The zero-order valence-electron chi connectivity index (χ0n) is 33.0. The Hall–Kier alpha value is -5.17. The number of allylic oxidation sites excluding steroid dienone is 2. The highest BCUT2D eigenvalue weighted by Gasteiger charge is 2.52. The van der Waals surface area contributed by atoms with Crippen molar-refractivity contribution in [3.05, 3.63) is 91.0 Å². The highest BCUT2D eigenvalue weighted by Crippen LogP contribution is 2.44. The Morgan fingerprint density at radius 1 is 0.965 bits per heavy atom. The molecular formula is C44H54N6O6S. The Kier molecular flexibility index (Phi) is 11.8. The van der Waals surface area contributed by atoms with Crippen molar-refractivity contribution in [2.45, 2.75) is 108 Å². The number of para-hydroxylation sites is 2. The monoisotopic (exact) mass is 794 g/mol. The van der Waals surface area contributed by atoms with Gasteiger partial charge in [-0.1, -0.05) is 85.7 Å². The number of rotatable bonds is 18. The average molecular weight is 795 g/mol. The van der Waals surface area contributed by atoms with E-state index in [0.29, 0.717) is 31.7 Å². The maximum atomic E-state index is 14.4. The largest absolute Gasteiger partial charge is 0.459 e. The van der Waals surface area contributed by atoms with E-state index >= 15 is 0 Å². The lowest BCUT2D eigenvalue weighted by atomic mass is 10.0. The van der Waals surface area contributed by atoms with E-state index in [-0.39, 0.29) is 36.8 Å². The molecule has 7 rings (SSSR count). The highest BCUT2D eigenvalue weighted by molar-refractivity contribution is 7.91. The van der Waals surface area contributed by atoms with Gasteiger partial charge in [0.1, 0.15) is 23.7 Å². The number of carbonyl (C=O) groups is 3. The summed E-state index contributed by atoms with van der Waals surface area (Å²) in [5.74, 6) is -1.41. The third-order valence-corrected chi connectivity index (χ3v) is 13.8. The number of carbonyl (C=O) groups excluding carboxylic acids is 3. The van der Waals surface area contributed by atoms with E-state index in [4.69, 9.17) is 15.5 Å². The number of nitrogens with two attached hydrogens (primary N) is 1. The second-order valence-corrected chi connectivity index (χ2v) is 18.5. The van der Waals surface area contributed by atoms with Crippen LogP contribution in [0, 0.1) is 11.8 Å². The number of ether oxygens (including phenoxy) is 1. The molecule has 0 spiro atoms. The van der Waals surface area contributed by atoms with Crippen LogP contribution in [0.4, 0.5) is 5.69 Å². The van der Waals surface area contributed by atoms with E-state index in [1.807, 2.05) is 72.8 Å². The number of hydrogen-bond donors (Lipinski definition) is 3. The maximum absolute atomic E-state index is 14.4. The molecule has 3 fully saturated rings. The van der Waals surface area contributed by atoms with Gasteiger partial charge in [-0.3, -0.25) is 23.7 Å². The standard InChI is InChI=1S/C44H54N6O6S/c1-29(2)50-37-23-15-21-34(30-16-10-7-11-17-30)39(37)47-43(50)56-33-27-38(40(45)51)49(28-33)42(53)36(46-32-19-12-8-13-20-32)22-14-6-4-5-9-18-31-26-35(31)41(52)48-57(54,55)44(3)24-25-44/h7-13,15-21,23,29,31,33,35-36,38,46H,4-6,14,22,24-28H2,1-3H3,(H2,45,51)(H,48,52). The van der Waals surface area contributed by atoms with Gasteiger partial charge in [-0.05, 0) is 89.0 Å². The number of imidazole rings is 1. The van der Waals surface area contributed by atoms with Crippen molar-refractivity contribution < 1.29 is 27.5 Å². The van der Waals surface area contributed by atoms with Crippen LogP contribution in [0.2, 0.25) is 0 Å². The number of aromatic nitrogens is 2. The van der Waals surface area contributed by atoms with E-state index in [0.717, 1.165) is 53.5 Å². The Morgan fingerprint density at radius 2 is 1.68 bits per heavy atom. The summed E-state index contributed by atoms with van der Waals surface area (Å²) >= 11 is 0. The van der Waals surface area contributed by atoms with Crippen LogP contribution in [0.5, 0.6) is 6.01 Å². The van der Waals surface area contributed by atoms with Crippen LogP contribution in [-0.2, 0) is 24.4 Å². The predicted molar refractivity (Wildman–Crippen MR) is 222 cm³/mol. The van der Waals surface area contributed by atoms with Gasteiger partial charge in [0.05, 0.1) is 16.8 Å². The second kappa shape index (κ2) is 16.7. The molecule has 57 heavy (non-hydrogen) atoms. The molecule has 1 saturated heterocycles. The average Bonchev–Trinajstić information content (AvgIpc) is 4.06. The first-order valence-corrected chi connectivity index (χ1v) is 21.7. The van der Waals surface area contributed by atoms with E-state index in [9.17, 15) is 22.8 Å². The number of hydrogen-bond acceptors (Lipinski definition) is 8. The van der Waals surface area contributed by atoms with Crippen LogP contribution in [0.3, 0.4) is 0 Å². The van der Waals surface area contributed by atoms with E-state index < -0.39 is 44.8 Å². The minimum atomic E-state index is -3.62. The first kappa shape index (κ1) is 40.0. The molecule has 0 radical (unpaired) electrons. The van der Waals surface area contributed by atoms with Crippen LogP contribution >= 0.6 is 0 Å². The van der Waals surface area contributed by atoms with Gasteiger partial charge in [0, 0.05) is 29.6 Å². The minimum Gasteiger partial charge on any atom is -0.459 e. The fourth-order valence-corrected chi connectivity index (χ4v) is 9.13. The Bertz CT molecular complexity index is 2220. The summed E-state index contributed by atoms with van der Waals surface area (Å²) in [6.07, 6.45) is 9.59. The molecule has 5 atom stereocenters. The van der Waals surface area contributed by atoms with Crippen LogP contribution in [-0.4, -0.2) is 70.1 Å². The quantitative estimate of drug-likeness (QED) is 0.0736. The SMILES string of the molecule is CC(C)n1c(OC2CC(C(N)=O)N(C(=O)C(CCCCCC=CC3CC3C(=O)NS(=O)(=O)C3(C)CC3)Nc3ccccc3)C2)nc2c(-c3ccccc3)cccc21. The second-order valence-electron chi connectivity index (χ2n) is 16.3. The molecule has 1 aromatic heterocycles. The van der Waals surface area contributed by atoms with Gasteiger partial charge in [-0.25, -0.2) is 8.42 Å². The van der Waals surface area contributed by atoms with Crippen LogP contribution in [0.15, 0.2) is 91.0 Å². The van der Waals surface area contributed by atoms with Gasteiger partial charge < -0.3 is 20.7 Å². The Balaban J connectivity index is 0.972. The first-order chi connectivity index (χ1) is 27.3. The van der Waals surface area contributed by atoms with Crippen molar-refractivity contribution in [1.29, 1.82) is 0 Å². The molecule has 4 aromatic rings. The molecule has 12 nitrogen and oxygen atoms in total. The number of primary amides is 1. The Morgan fingerprint density at radius 3 is 2.37 bits per heavy atom. The number of fused-ring (bicyclic) bond motifs is 1. The van der Waals surface area contributed by atoms with E-state index in [1.54, 1.807) is 11.8 Å². The minimum absolute atomic E-state index is 0.0377. The smallest absolute Gasteiger partial charge is 0.297 e. The fraction of sp³-hybridized carbons (Fsp3) is 0.455.